The topological polar surface area (TPSA) is 96.7 Å². The first-order valence-corrected chi connectivity index (χ1v) is 12.0. The molecule has 1 aliphatic carbocycles. The van der Waals surface area contributed by atoms with Gasteiger partial charge in [0.25, 0.3) is 5.91 Å². The molecule has 1 N–H and O–H groups in total. The van der Waals surface area contributed by atoms with Gasteiger partial charge in [-0.15, -0.1) is 0 Å². The Hall–Kier alpha value is -2.16. The number of amides is 1. The number of nitrogens with one attached hydrogen (secondary N) is 1. The maximum Gasteiger partial charge on any atom is 0.291 e. The summed E-state index contributed by atoms with van der Waals surface area (Å²) in [5.41, 5.74) is 1.01. The van der Waals surface area contributed by atoms with E-state index in [-0.39, 0.29) is 32.6 Å². The Balaban J connectivity index is 1.93. The van der Waals surface area contributed by atoms with Crippen LogP contribution in [0, 0.1) is 12.3 Å². The molecule has 0 radical (unpaired) electrons. The lowest BCUT2D eigenvalue weighted by Crippen LogP contribution is -2.30. The number of hydrogen-bond acceptors (Lipinski definition) is 5. The lowest BCUT2D eigenvalue weighted by Gasteiger charge is -2.27. The van der Waals surface area contributed by atoms with E-state index in [0.717, 1.165) is 0 Å². The van der Waals surface area contributed by atoms with Crippen LogP contribution in [-0.2, 0) is 16.4 Å². The molecule has 1 amide bonds. The SMILES string of the molecule is CCN(CC)S(=O)(=O)c1cc(NC(=O)c2oc3c(c2C)C(=O)CC(C)(C)C3)ccc1Cl. The lowest BCUT2D eigenvalue weighted by molar-refractivity contribution is 0.0898. The minimum atomic E-state index is -3.80. The second kappa shape index (κ2) is 8.41. The number of sulfonamides is 1. The van der Waals surface area contributed by atoms with E-state index in [4.69, 9.17) is 16.0 Å². The smallest absolute Gasteiger partial charge is 0.291 e. The van der Waals surface area contributed by atoms with Crippen LogP contribution in [0.25, 0.3) is 0 Å². The molecule has 0 saturated heterocycles. The van der Waals surface area contributed by atoms with Crippen LogP contribution in [0.2, 0.25) is 5.02 Å². The monoisotopic (exact) mass is 466 g/mol. The van der Waals surface area contributed by atoms with Crippen molar-refractivity contribution in [2.24, 2.45) is 5.41 Å². The predicted octanol–water partition coefficient (Wildman–Crippen LogP) is 4.68. The molecule has 1 aromatic carbocycles. The van der Waals surface area contributed by atoms with Crippen molar-refractivity contribution >= 4 is 39.0 Å². The highest BCUT2D eigenvalue weighted by molar-refractivity contribution is 7.89. The highest BCUT2D eigenvalue weighted by Gasteiger charge is 2.37. The Kier molecular flexibility index (Phi) is 6.37. The highest BCUT2D eigenvalue weighted by atomic mass is 35.5. The summed E-state index contributed by atoms with van der Waals surface area (Å²) in [6.07, 6.45) is 0.959. The zero-order valence-corrected chi connectivity index (χ0v) is 19.9. The normalized spacial score (nSPS) is 15.8. The summed E-state index contributed by atoms with van der Waals surface area (Å²) in [6, 6.07) is 4.29. The van der Waals surface area contributed by atoms with Crippen molar-refractivity contribution < 1.29 is 22.4 Å². The van der Waals surface area contributed by atoms with Crippen LogP contribution in [0.3, 0.4) is 0 Å². The van der Waals surface area contributed by atoms with Gasteiger partial charge >= 0.3 is 0 Å². The number of nitrogens with zero attached hydrogens (tertiary/aromatic N) is 1. The first-order valence-electron chi connectivity index (χ1n) is 10.2. The van der Waals surface area contributed by atoms with E-state index in [0.29, 0.717) is 42.8 Å². The van der Waals surface area contributed by atoms with Crippen LogP contribution in [0.4, 0.5) is 5.69 Å². The van der Waals surface area contributed by atoms with E-state index in [1.165, 1.54) is 22.5 Å². The Morgan fingerprint density at radius 1 is 1.23 bits per heavy atom. The molecule has 1 aromatic heterocycles. The van der Waals surface area contributed by atoms with Crippen molar-refractivity contribution in [1.29, 1.82) is 0 Å². The molecule has 1 heterocycles. The van der Waals surface area contributed by atoms with Crippen molar-refractivity contribution in [2.75, 3.05) is 18.4 Å². The average Bonchev–Trinajstić information content (AvgIpc) is 2.99. The number of anilines is 1. The molecule has 1 aliphatic rings. The highest BCUT2D eigenvalue weighted by Crippen LogP contribution is 2.38. The van der Waals surface area contributed by atoms with Gasteiger partial charge in [0.05, 0.1) is 10.6 Å². The molecule has 0 aliphatic heterocycles. The maximum atomic E-state index is 12.9. The van der Waals surface area contributed by atoms with Crippen molar-refractivity contribution in [1.82, 2.24) is 4.31 Å². The fourth-order valence-electron chi connectivity index (χ4n) is 3.97. The number of ketones is 1. The molecule has 168 valence electrons. The standard InChI is InChI=1S/C22H27ClN2O5S/c1-6-25(7-2)31(28,29)18-10-14(8-9-15(18)23)24-21(27)20-13(3)19-16(26)11-22(4,5)12-17(19)30-20/h8-10H,6-7,11-12H2,1-5H3,(H,24,27). The van der Waals surface area contributed by atoms with Crippen LogP contribution in [-0.4, -0.2) is 37.5 Å². The van der Waals surface area contributed by atoms with Gasteiger partial charge < -0.3 is 9.73 Å². The second-order valence-electron chi connectivity index (χ2n) is 8.48. The van der Waals surface area contributed by atoms with Gasteiger partial charge in [0.15, 0.2) is 11.5 Å². The minimum Gasteiger partial charge on any atom is -0.455 e. The molecule has 0 saturated carbocycles. The van der Waals surface area contributed by atoms with Gasteiger partial charge in [0, 0.05) is 37.2 Å². The number of rotatable bonds is 6. The Bertz CT molecular complexity index is 1150. The summed E-state index contributed by atoms with van der Waals surface area (Å²) in [7, 11) is -3.80. The van der Waals surface area contributed by atoms with E-state index < -0.39 is 15.9 Å². The molecular weight excluding hydrogens is 440 g/mol. The first-order chi connectivity index (χ1) is 14.4. The molecule has 9 heteroatoms. The van der Waals surface area contributed by atoms with Crippen LogP contribution in [0.5, 0.6) is 0 Å². The van der Waals surface area contributed by atoms with E-state index >= 15 is 0 Å². The van der Waals surface area contributed by atoms with Gasteiger partial charge in [-0.25, -0.2) is 8.42 Å². The van der Waals surface area contributed by atoms with Crippen molar-refractivity contribution in [2.45, 2.75) is 52.4 Å². The van der Waals surface area contributed by atoms with Crippen molar-refractivity contribution in [3.63, 3.8) is 0 Å². The second-order valence-corrected chi connectivity index (χ2v) is 10.8. The van der Waals surface area contributed by atoms with Gasteiger partial charge in [-0.05, 0) is 30.5 Å². The maximum absolute atomic E-state index is 12.9. The van der Waals surface area contributed by atoms with Crippen LogP contribution < -0.4 is 5.32 Å². The number of carbonyl (C=O) groups is 2. The number of halogens is 1. The fourth-order valence-corrected chi connectivity index (χ4v) is 5.93. The average molecular weight is 467 g/mol. The first kappa shape index (κ1) is 23.5. The molecule has 0 bridgehead atoms. The molecule has 0 unspecified atom stereocenters. The van der Waals surface area contributed by atoms with Gasteiger partial charge in [-0.2, -0.15) is 4.31 Å². The Morgan fingerprint density at radius 2 is 1.87 bits per heavy atom. The summed E-state index contributed by atoms with van der Waals surface area (Å²) >= 11 is 6.15. The molecule has 2 aromatic rings. The van der Waals surface area contributed by atoms with Crippen LogP contribution >= 0.6 is 11.6 Å². The van der Waals surface area contributed by atoms with Crippen molar-refractivity contribution in [3.05, 3.63) is 45.9 Å². The summed E-state index contributed by atoms with van der Waals surface area (Å²) in [6.45, 7) is 9.73. The molecular formula is C22H27ClN2O5S. The third-order valence-corrected chi connectivity index (χ3v) is 8.03. The number of benzene rings is 1. The number of fused-ring (bicyclic) bond motifs is 1. The Labute approximate surface area is 187 Å². The quantitative estimate of drug-likeness (QED) is 0.666. The third kappa shape index (κ3) is 4.42. The third-order valence-electron chi connectivity index (χ3n) is 5.50. The number of carbonyl (C=O) groups excluding carboxylic acids is 2. The summed E-state index contributed by atoms with van der Waals surface area (Å²) in [5.74, 6) is -0.0133. The van der Waals surface area contributed by atoms with E-state index in [1.54, 1.807) is 20.8 Å². The Morgan fingerprint density at radius 3 is 2.48 bits per heavy atom. The number of hydrogen-bond donors (Lipinski definition) is 1. The zero-order chi connectivity index (χ0) is 23.1. The van der Waals surface area contributed by atoms with Gasteiger partial charge in [0.2, 0.25) is 10.0 Å². The number of furan rings is 1. The van der Waals surface area contributed by atoms with Gasteiger partial charge in [-0.1, -0.05) is 39.3 Å². The zero-order valence-electron chi connectivity index (χ0n) is 18.3. The predicted molar refractivity (Wildman–Crippen MR) is 119 cm³/mol. The summed E-state index contributed by atoms with van der Waals surface area (Å²) in [4.78, 5) is 25.4. The van der Waals surface area contributed by atoms with Gasteiger partial charge in [-0.3, -0.25) is 9.59 Å². The molecule has 31 heavy (non-hydrogen) atoms. The molecule has 0 fully saturated rings. The molecule has 0 atom stereocenters. The molecule has 0 spiro atoms. The van der Waals surface area contributed by atoms with Crippen LogP contribution in [0.1, 0.15) is 66.4 Å². The van der Waals surface area contributed by atoms with Crippen LogP contribution in [0.15, 0.2) is 27.5 Å². The summed E-state index contributed by atoms with van der Waals surface area (Å²) in [5, 5.41) is 2.74. The lowest BCUT2D eigenvalue weighted by atomic mass is 9.76. The van der Waals surface area contributed by atoms with Crippen molar-refractivity contribution in [3.8, 4) is 0 Å². The minimum absolute atomic E-state index is 0.0364. The van der Waals surface area contributed by atoms with E-state index in [1.807, 2.05) is 13.8 Å². The largest absolute Gasteiger partial charge is 0.455 e. The van der Waals surface area contributed by atoms with Gasteiger partial charge in [0.1, 0.15) is 10.7 Å². The van der Waals surface area contributed by atoms with E-state index in [2.05, 4.69) is 5.32 Å². The summed E-state index contributed by atoms with van der Waals surface area (Å²) < 4.78 is 32.8. The fraction of sp³-hybridized carbons (Fsp3) is 0.455. The number of Topliss-reactive ketones (excluding diaryl/α,β-unsaturated/α-hetero) is 1. The molecule has 3 rings (SSSR count). The van der Waals surface area contributed by atoms with E-state index in [9.17, 15) is 18.0 Å². The molecule has 7 nitrogen and oxygen atoms in total.